The SMILES string of the molecule is CC(C)(C#N)c1sc2c(c1Cl)CCC2. The maximum atomic E-state index is 9.06. The summed E-state index contributed by atoms with van der Waals surface area (Å²) < 4.78 is 0. The van der Waals surface area contributed by atoms with Gasteiger partial charge in [-0.15, -0.1) is 11.3 Å². The van der Waals surface area contributed by atoms with Crippen LogP contribution >= 0.6 is 22.9 Å². The van der Waals surface area contributed by atoms with E-state index in [4.69, 9.17) is 16.9 Å². The fourth-order valence-electron chi connectivity index (χ4n) is 1.82. The third-order valence-corrected chi connectivity index (χ3v) is 4.85. The van der Waals surface area contributed by atoms with Crippen molar-refractivity contribution in [2.75, 3.05) is 0 Å². The molecule has 0 spiro atoms. The third kappa shape index (κ3) is 1.36. The molecule has 2 rings (SSSR count). The van der Waals surface area contributed by atoms with Crippen molar-refractivity contribution >= 4 is 22.9 Å². The van der Waals surface area contributed by atoms with Crippen molar-refractivity contribution in [1.82, 2.24) is 0 Å². The number of aryl methyl sites for hydroxylation is 1. The molecule has 74 valence electrons. The van der Waals surface area contributed by atoms with Gasteiger partial charge in [0.2, 0.25) is 0 Å². The van der Waals surface area contributed by atoms with Crippen molar-refractivity contribution in [3.8, 4) is 6.07 Å². The lowest BCUT2D eigenvalue weighted by molar-refractivity contribution is 0.702. The van der Waals surface area contributed by atoms with Crippen LogP contribution in [0.15, 0.2) is 0 Å². The van der Waals surface area contributed by atoms with Gasteiger partial charge in [0, 0.05) is 9.75 Å². The highest BCUT2D eigenvalue weighted by molar-refractivity contribution is 7.13. The van der Waals surface area contributed by atoms with Gasteiger partial charge in [-0.3, -0.25) is 0 Å². The number of hydrogen-bond donors (Lipinski definition) is 0. The predicted octanol–water partition coefficient (Wildman–Crippen LogP) is 3.69. The zero-order valence-electron chi connectivity index (χ0n) is 8.35. The van der Waals surface area contributed by atoms with Crippen LogP contribution in [0.3, 0.4) is 0 Å². The molecular weight excluding hydrogens is 214 g/mol. The van der Waals surface area contributed by atoms with Crippen LogP contribution in [-0.4, -0.2) is 0 Å². The van der Waals surface area contributed by atoms with Crippen LogP contribution in [0.1, 0.15) is 35.6 Å². The van der Waals surface area contributed by atoms with Crippen molar-refractivity contribution in [1.29, 1.82) is 5.26 Å². The minimum absolute atomic E-state index is 0.438. The Morgan fingerprint density at radius 2 is 2.14 bits per heavy atom. The molecule has 3 heteroatoms. The highest BCUT2D eigenvalue weighted by Gasteiger charge is 2.30. The minimum Gasteiger partial charge on any atom is -0.197 e. The van der Waals surface area contributed by atoms with Gasteiger partial charge < -0.3 is 0 Å². The lowest BCUT2D eigenvalue weighted by Crippen LogP contribution is -2.12. The number of hydrogen-bond acceptors (Lipinski definition) is 2. The first-order chi connectivity index (χ1) is 6.56. The van der Waals surface area contributed by atoms with Crippen LogP contribution in [-0.2, 0) is 18.3 Å². The number of nitrogens with zero attached hydrogens (tertiary/aromatic N) is 1. The van der Waals surface area contributed by atoms with Gasteiger partial charge in [0.1, 0.15) is 0 Å². The Hall–Kier alpha value is -0.520. The molecule has 0 saturated heterocycles. The molecule has 0 radical (unpaired) electrons. The Kier molecular flexibility index (Phi) is 2.33. The van der Waals surface area contributed by atoms with E-state index in [0.717, 1.165) is 22.7 Å². The maximum absolute atomic E-state index is 9.06. The summed E-state index contributed by atoms with van der Waals surface area (Å²) in [7, 11) is 0. The molecule has 0 N–H and O–H groups in total. The molecule has 14 heavy (non-hydrogen) atoms. The number of thiophene rings is 1. The fourth-order valence-corrected chi connectivity index (χ4v) is 3.77. The minimum atomic E-state index is -0.438. The summed E-state index contributed by atoms with van der Waals surface area (Å²) in [4.78, 5) is 2.44. The van der Waals surface area contributed by atoms with Gasteiger partial charge in [-0.2, -0.15) is 5.26 Å². The topological polar surface area (TPSA) is 23.8 Å². The summed E-state index contributed by atoms with van der Waals surface area (Å²) in [6.07, 6.45) is 3.45. The number of nitriles is 1. The highest BCUT2D eigenvalue weighted by atomic mass is 35.5. The molecular formula is C11H12ClNS. The van der Waals surface area contributed by atoms with Crippen LogP contribution in [0.5, 0.6) is 0 Å². The average Bonchev–Trinajstić information content (AvgIpc) is 2.69. The van der Waals surface area contributed by atoms with Gasteiger partial charge >= 0.3 is 0 Å². The van der Waals surface area contributed by atoms with E-state index in [1.165, 1.54) is 16.9 Å². The van der Waals surface area contributed by atoms with Crippen LogP contribution in [0, 0.1) is 11.3 Å². The van der Waals surface area contributed by atoms with Crippen molar-refractivity contribution in [2.24, 2.45) is 0 Å². The zero-order valence-corrected chi connectivity index (χ0v) is 9.93. The molecule has 1 aromatic heterocycles. The quantitative estimate of drug-likeness (QED) is 0.715. The van der Waals surface area contributed by atoms with E-state index in [1.54, 1.807) is 11.3 Å². The average molecular weight is 226 g/mol. The van der Waals surface area contributed by atoms with E-state index in [1.807, 2.05) is 13.8 Å². The molecule has 0 saturated carbocycles. The molecule has 1 aliphatic rings. The maximum Gasteiger partial charge on any atom is 0.0873 e. The highest BCUT2D eigenvalue weighted by Crippen LogP contribution is 2.43. The van der Waals surface area contributed by atoms with Crippen molar-refractivity contribution in [3.05, 3.63) is 20.3 Å². The number of rotatable bonds is 1. The first-order valence-electron chi connectivity index (χ1n) is 4.78. The first-order valence-corrected chi connectivity index (χ1v) is 5.97. The fraction of sp³-hybridized carbons (Fsp3) is 0.545. The van der Waals surface area contributed by atoms with Crippen molar-refractivity contribution in [3.63, 3.8) is 0 Å². The van der Waals surface area contributed by atoms with Gasteiger partial charge in [0.05, 0.1) is 16.5 Å². The van der Waals surface area contributed by atoms with E-state index in [-0.39, 0.29) is 0 Å². The van der Waals surface area contributed by atoms with Gasteiger partial charge in [-0.25, -0.2) is 0 Å². The molecule has 0 fully saturated rings. The lowest BCUT2D eigenvalue weighted by Gasteiger charge is -2.13. The first kappa shape index (κ1) is 10.0. The van der Waals surface area contributed by atoms with Gasteiger partial charge in [0.25, 0.3) is 0 Å². The molecule has 1 aliphatic carbocycles. The lowest BCUT2D eigenvalue weighted by atomic mass is 9.93. The smallest absolute Gasteiger partial charge is 0.0873 e. The summed E-state index contributed by atoms with van der Waals surface area (Å²) in [6.45, 7) is 3.86. The second-order valence-corrected chi connectivity index (χ2v) is 5.72. The summed E-state index contributed by atoms with van der Waals surface area (Å²) >= 11 is 8.02. The molecule has 0 atom stereocenters. The Balaban J connectivity index is 2.53. The third-order valence-electron chi connectivity index (χ3n) is 2.70. The number of halogens is 1. The van der Waals surface area contributed by atoms with E-state index in [9.17, 15) is 0 Å². The Morgan fingerprint density at radius 1 is 1.43 bits per heavy atom. The van der Waals surface area contributed by atoms with Crippen LogP contribution in [0.2, 0.25) is 5.02 Å². The second-order valence-electron chi connectivity index (χ2n) is 4.24. The standard InChI is InChI=1S/C11H12ClNS/c1-11(2,6-13)10-9(12)7-4-3-5-8(7)14-10/h3-5H2,1-2H3. The molecule has 1 nitrogen and oxygen atoms in total. The molecule has 0 unspecified atom stereocenters. The van der Waals surface area contributed by atoms with E-state index in [2.05, 4.69) is 6.07 Å². The molecule has 0 aliphatic heterocycles. The molecule has 0 aromatic carbocycles. The molecule has 0 bridgehead atoms. The van der Waals surface area contributed by atoms with Crippen molar-refractivity contribution in [2.45, 2.75) is 38.5 Å². The van der Waals surface area contributed by atoms with E-state index in [0.29, 0.717) is 0 Å². The van der Waals surface area contributed by atoms with E-state index < -0.39 is 5.41 Å². The van der Waals surface area contributed by atoms with Crippen LogP contribution in [0.25, 0.3) is 0 Å². The Labute approximate surface area is 93.3 Å². The zero-order chi connectivity index (χ0) is 10.3. The summed E-state index contributed by atoms with van der Waals surface area (Å²) in [5, 5.41) is 9.92. The van der Waals surface area contributed by atoms with Gasteiger partial charge in [-0.05, 0) is 38.7 Å². The monoisotopic (exact) mass is 225 g/mol. The van der Waals surface area contributed by atoms with Gasteiger partial charge in [0.15, 0.2) is 0 Å². The van der Waals surface area contributed by atoms with Crippen molar-refractivity contribution < 1.29 is 0 Å². The van der Waals surface area contributed by atoms with Crippen LogP contribution in [0.4, 0.5) is 0 Å². The largest absolute Gasteiger partial charge is 0.197 e. The number of fused-ring (bicyclic) bond motifs is 1. The molecule has 1 heterocycles. The Morgan fingerprint density at radius 3 is 2.71 bits per heavy atom. The summed E-state index contributed by atoms with van der Waals surface area (Å²) in [5.74, 6) is 0. The molecule has 1 aromatic rings. The molecule has 0 amide bonds. The normalized spacial score (nSPS) is 15.3. The summed E-state index contributed by atoms with van der Waals surface area (Å²) in [5.41, 5.74) is 0.863. The van der Waals surface area contributed by atoms with Gasteiger partial charge in [-0.1, -0.05) is 11.6 Å². The Bertz CT molecular complexity index is 412. The predicted molar refractivity (Wildman–Crippen MR) is 60.0 cm³/mol. The summed E-state index contributed by atoms with van der Waals surface area (Å²) in [6, 6.07) is 2.31. The van der Waals surface area contributed by atoms with Crippen LogP contribution < -0.4 is 0 Å². The second kappa shape index (κ2) is 3.25. The van der Waals surface area contributed by atoms with E-state index >= 15 is 0 Å².